The molecule has 23 heavy (non-hydrogen) atoms. The zero-order valence-corrected chi connectivity index (χ0v) is 13.2. The van der Waals surface area contributed by atoms with Crippen molar-refractivity contribution in [1.29, 1.82) is 0 Å². The van der Waals surface area contributed by atoms with Gasteiger partial charge in [0.1, 0.15) is 11.2 Å². The third-order valence-corrected chi connectivity index (χ3v) is 2.90. The third-order valence-electron chi connectivity index (χ3n) is 2.90. The molecule has 0 spiro atoms. The van der Waals surface area contributed by atoms with Crippen molar-refractivity contribution in [3.05, 3.63) is 47.3 Å². The Labute approximate surface area is 133 Å². The first-order valence-corrected chi connectivity index (χ1v) is 7.09. The standard InChI is InChI=1S/C16H19N3O4/c1-16(2,3)23-15(22)18-11-6-4-5-10(7-11)8-13-12(14(20)21)9-17-19-13/h4-7,9H,8H2,1-3H3,(H,17,19)(H,18,22)(H,20,21). The summed E-state index contributed by atoms with van der Waals surface area (Å²) in [6, 6.07) is 7.11. The number of carbonyl (C=O) groups excluding carboxylic acids is 1. The Kier molecular flexibility index (Phi) is 4.68. The number of H-pyrrole nitrogens is 1. The van der Waals surface area contributed by atoms with Crippen LogP contribution in [-0.2, 0) is 11.2 Å². The number of rotatable bonds is 4. The van der Waals surface area contributed by atoms with Crippen molar-refractivity contribution in [2.75, 3.05) is 5.32 Å². The molecule has 3 N–H and O–H groups in total. The first-order valence-electron chi connectivity index (χ1n) is 7.09. The third kappa shape index (κ3) is 4.84. The molecule has 2 rings (SSSR count). The molecule has 0 bridgehead atoms. The number of nitrogens with zero attached hydrogens (tertiary/aromatic N) is 1. The second kappa shape index (κ2) is 6.51. The van der Waals surface area contributed by atoms with Crippen LogP contribution in [0, 0.1) is 0 Å². The summed E-state index contributed by atoms with van der Waals surface area (Å²) in [5.74, 6) is -1.03. The SMILES string of the molecule is CC(C)(C)OC(=O)Nc1cccc(Cc2[nH]ncc2C(=O)O)c1. The second-order valence-electron chi connectivity index (χ2n) is 6.07. The highest BCUT2D eigenvalue weighted by Crippen LogP contribution is 2.17. The number of amides is 1. The van der Waals surface area contributed by atoms with Gasteiger partial charge in [0.25, 0.3) is 0 Å². The molecule has 2 aromatic rings. The molecule has 1 amide bonds. The van der Waals surface area contributed by atoms with E-state index in [0.717, 1.165) is 5.56 Å². The minimum atomic E-state index is -1.03. The van der Waals surface area contributed by atoms with Crippen LogP contribution in [0.5, 0.6) is 0 Å². The molecule has 7 nitrogen and oxygen atoms in total. The maximum Gasteiger partial charge on any atom is 0.412 e. The number of carboxylic acid groups (broad SMARTS) is 1. The molecule has 1 aromatic carbocycles. The summed E-state index contributed by atoms with van der Waals surface area (Å²) in [6.07, 6.45) is 1.11. The number of anilines is 1. The normalized spacial score (nSPS) is 11.1. The maximum atomic E-state index is 11.8. The Balaban J connectivity index is 2.09. The lowest BCUT2D eigenvalue weighted by Crippen LogP contribution is -2.27. The van der Waals surface area contributed by atoms with E-state index in [1.807, 2.05) is 6.07 Å². The lowest BCUT2D eigenvalue weighted by molar-refractivity contribution is 0.0634. The highest BCUT2D eigenvalue weighted by Gasteiger charge is 2.16. The van der Waals surface area contributed by atoms with Crippen molar-refractivity contribution in [2.45, 2.75) is 32.8 Å². The van der Waals surface area contributed by atoms with Crippen LogP contribution in [-0.4, -0.2) is 33.0 Å². The van der Waals surface area contributed by atoms with Gasteiger partial charge in [0.05, 0.1) is 11.9 Å². The van der Waals surface area contributed by atoms with E-state index in [4.69, 9.17) is 9.84 Å². The fourth-order valence-electron chi connectivity index (χ4n) is 2.02. The van der Waals surface area contributed by atoms with Gasteiger partial charge < -0.3 is 9.84 Å². The van der Waals surface area contributed by atoms with Gasteiger partial charge in [0.2, 0.25) is 0 Å². The van der Waals surface area contributed by atoms with E-state index < -0.39 is 17.7 Å². The zero-order valence-electron chi connectivity index (χ0n) is 13.2. The fourth-order valence-corrected chi connectivity index (χ4v) is 2.02. The number of carboxylic acids is 1. The highest BCUT2D eigenvalue weighted by atomic mass is 16.6. The number of hydrogen-bond donors (Lipinski definition) is 3. The monoisotopic (exact) mass is 317 g/mol. The number of nitrogens with one attached hydrogen (secondary N) is 2. The number of ether oxygens (including phenoxy) is 1. The number of aromatic nitrogens is 2. The van der Waals surface area contributed by atoms with Gasteiger partial charge in [-0.25, -0.2) is 9.59 Å². The van der Waals surface area contributed by atoms with Gasteiger partial charge in [0, 0.05) is 12.1 Å². The van der Waals surface area contributed by atoms with E-state index in [1.165, 1.54) is 6.20 Å². The summed E-state index contributed by atoms with van der Waals surface area (Å²) < 4.78 is 5.19. The molecule has 122 valence electrons. The van der Waals surface area contributed by atoms with Crippen LogP contribution in [0.1, 0.15) is 42.4 Å². The molecule has 0 aliphatic rings. The number of benzene rings is 1. The molecule has 0 saturated carbocycles. The molecular formula is C16H19N3O4. The largest absolute Gasteiger partial charge is 0.478 e. The second-order valence-corrected chi connectivity index (χ2v) is 6.07. The van der Waals surface area contributed by atoms with E-state index in [1.54, 1.807) is 39.0 Å². The summed E-state index contributed by atoms with van der Waals surface area (Å²) in [7, 11) is 0. The quantitative estimate of drug-likeness (QED) is 0.804. The van der Waals surface area contributed by atoms with E-state index in [2.05, 4.69) is 15.5 Å². The van der Waals surface area contributed by atoms with Crippen molar-refractivity contribution in [3.63, 3.8) is 0 Å². The average molecular weight is 317 g/mol. The van der Waals surface area contributed by atoms with Gasteiger partial charge in [-0.15, -0.1) is 0 Å². The van der Waals surface area contributed by atoms with Crippen molar-refractivity contribution < 1.29 is 19.4 Å². The van der Waals surface area contributed by atoms with Gasteiger partial charge in [-0.2, -0.15) is 5.10 Å². The van der Waals surface area contributed by atoms with Gasteiger partial charge in [0.15, 0.2) is 0 Å². The van der Waals surface area contributed by atoms with Gasteiger partial charge >= 0.3 is 12.1 Å². The number of aromatic carboxylic acids is 1. The molecule has 0 aliphatic carbocycles. The van der Waals surface area contributed by atoms with Crippen LogP contribution in [0.25, 0.3) is 0 Å². The molecule has 1 heterocycles. The highest BCUT2D eigenvalue weighted by molar-refractivity contribution is 5.88. The van der Waals surface area contributed by atoms with Crippen molar-refractivity contribution >= 4 is 17.7 Å². The first kappa shape index (κ1) is 16.5. The summed E-state index contributed by atoms with van der Waals surface area (Å²) in [5.41, 5.74) is 1.48. The van der Waals surface area contributed by atoms with Crippen LogP contribution in [0.2, 0.25) is 0 Å². The van der Waals surface area contributed by atoms with E-state index >= 15 is 0 Å². The zero-order chi connectivity index (χ0) is 17.0. The predicted octanol–water partition coefficient (Wildman–Crippen LogP) is 3.05. The lowest BCUT2D eigenvalue weighted by atomic mass is 10.1. The van der Waals surface area contributed by atoms with E-state index in [0.29, 0.717) is 17.8 Å². The summed E-state index contributed by atoms with van der Waals surface area (Å²) in [5, 5.41) is 18.2. The molecule has 0 radical (unpaired) electrons. The molecule has 0 aliphatic heterocycles. The minimum absolute atomic E-state index is 0.135. The fraction of sp³-hybridized carbons (Fsp3) is 0.312. The summed E-state index contributed by atoms with van der Waals surface area (Å²) >= 11 is 0. The molecule has 0 saturated heterocycles. The van der Waals surface area contributed by atoms with Crippen LogP contribution in [0.3, 0.4) is 0 Å². The number of hydrogen-bond acceptors (Lipinski definition) is 4. The first-order chi connectivity index (χ1) is 10.7. The van der Waals surface area contributed by atoms with Crippen LogP contribution < -0.4 is 5.32 Å². The summed E-state index contributed by atoms with van der Waals surface area (Å²) in [6.45, 7) is 5.36. The van der Waals surface area contributed by atoms with Crippen LogP contribution in [0.4, 0.5) is 10.5 Å². The minimum Gasteiger partial charge on any atom is -0.478 e. The van der Waals surface area contributed by atoms with Gasteiger partial charge in [-0.05, 0) is 38.5 Å². The predicted molar refractivity (Wildman–Crippen MR) is 84.7 cm³/mol. The molecular weight excluding hydrogens is 298 g/mol. The smallest absolute Gasteiger partial charge is 0.412 e. The molecule has 7 heteroatoms. The molecule has 0 unspecified atom stereocenters. The van der Waals surface area contributed by atoms with Gasteiger partial charge in [-0.1, -0.05) is 12.1 Å². The van der Waals surface area contributed by atoms with Crippen LogP contribution >= 0.6 is 0 Å². The average Bonchev–Trinajstić information content (AvgIpc) is 2.85. The molecule has 1 aromatic heterocycles. The Morgan fingerprint density at radius 3 is 2.74 bits per heavy atom. The van der Waals surface area contributed by atoms with Gasteiger partial charge in [-0.3, -0.25) is 10.4 Å². The van der Waals surface area contributed by atoms with Crippen LogP contribution in [0.15, 0.2) is 30.5 Å². The van der Waals surface area contributed by atoms with Crippen molar-refractivity contribution in [2.24, 2.45) is 0 Å². The molecule has 0 atom stereocenters. The summed E-state index contributed by atoms with van der Waals surface area (Å²) in [4.78, 5) is 22.9. The Morgan fingerprint density at radius 2 is 2.09 bits per heavy atom. The van der Waals surface area contributed by atoms with E-state index in [9.17, 15) is 9.59 Å². The molecule has 0 fully saturated rings. The Hall–Kier alpha value is -2.83. The maximum absolute atomic E-state index is 11.8. The Bertz CT molecular complexity index is 716. The lowest BCUT2D eigenvalue weighted by Gasteiger charge is -2.19. The topological polar surface area (TPSA) is 104 Å². The Morgan fingerprint density at radius 1 is 1.35 bits per heavy atom. The van der Waals surface area contributed by atoms with Crippen molar-refractivity contribution in [1.82, 2.24) is 10.2 Å². The van der Waals surface area contributed by atoms with E-state index in [-0.39, 0.29) is 5.56 Å². The van der Waals surface area contributed by atoms with Crippen molar-refractivity contribution in [3.8, 4) is 0 Å². The number of aromatic amines is 1. The number of carbonyl (C=O) groups is 2.